The lowest BCUT2D eigenvalue weighted by atomic mass is 10.1. The van der Waals surface area contributed by atoms with Gasteiger partial charge in [-0.25, -0.2) is 0 Å². The number of ether oxygens (including phenoxy) is 4. The predicted octanol–water partition coefficient (Wildman–Crippen LogP) is 4.62. The monoisotopic (exact) mass is 413 g/mol. The first kappa shape index (κ1) is 21.3. The summed E-state index contributed by atoms with van der Waals surface area (Å²) >= 11 is 6.07. The van der Waals surface area contributed by atoms with Gasteiger partial charge in [-0.2, -0.15) is 8.78 Å². The molecule has 0 heterocycles. The van der Waals surface area contributed by atoms with Gasteiger partial charge in [0.05, 0.1) is 32.0 Å². The number of carbonyl (C=O) groups excluding carboxylic acids is 1. The van der Waals surface area contributed by atoms with E-state index in [4.69, 9.17) is 25.8 Å². The molecule has 2 aromatic carbocycles. The molecule has 0 aliphatic carbocycles. The Balaban J connectivity index is 2.24. The summed E-state index contributed by atoms with van der Waals surface area (Å²) in [6, 6.07) is 7.56. The minimum Gasteiger partial charge on any atom is -0.495 e. The van der Waals surface area contributed by atoms with Crippen LogP contribution in [0.2, 0.25) is 5.02 Å². The largest absolute Gasteiger partial charge is 0.495 e. The molecular weight excluding hydrogens is 396 g/mol. The normalized spacial score (nSPS) is 10.8. The van der Waals surface area contributed by atoms with Gasteiger partial charge >= 0.3 is 6.61 Å². The summed E-state index contributed by atoms with van der Waals surface area (Å²) in [4.78, 5) is 12.3. The number of anilines is 1. The van der Waals surface area contributed by atoms with Crippen molar-refractivity contribution in [1.82, 2.24) is 0 Å². The molecule has 2 aromatic rings. The molecule has 6 nitrogen and oxygen atoms in total. The first-order chi connectivity index (χ1) is 13.4. The Morgan fingerprint density at radius 2 is 1.75 bits per heavy atom. The van der Waals surface area contributed by atoms with Gasteiger partial charge in [-0.1, -0.05) is 23.7 Å². The Bertz CT molecular complexity index is 874. The molecule has 0 bridgehead atoms. The zero-order valence-corrected chi connectivity index (χ0v) is 16.0. The molecular formula is C19H18ClF2NO5. The van der Waals surface area contributed by atoms with Crippen LogP contribution in [0.1, 0.15) is 5.56 Å². The molecule has 28 heavy (non-hydrogen) atoms. The standard InChI is InChI=1S/C19H18ClF2NO5/c1-25-14-6-4-5-11(18(14)28-19(21)22)7-8-17(24)23-13-9-12(20)15(26-2)10-16(13)27-3/h4-10,19H,1-3H3,(H,23,24)/b8-7+. The second-order valence-electron chi connectivity index (χ2n) is 5.27. The molecule has 0 radical (unpaired) electrons. The number of hydrogen-bond donors (Lipinski definition) is 1. The highest BCUT2D eigenvalue weighted by Crippen LogP contribution is 2.36. The molecule has 1 amide bonds. The zero-order chi connectivity index (χ0) is 20.7. The van der Waals surface area contributed by atoms with Crippen LogP contribution in [0.3, 0.4) is 0 Å². The maximum Gasteiger partial charge on any atom is 0.387 e. The van der Waals surface area contributed by atoms with E-state index in [1.807, 2.05) is 0 Å². The number of carbonyl (C=O) groups is 1. The summed E-state index contributed by atoms with van der Waals surface area (Å²) < 4.78 is 45.2. The van der Waals surface area contributed by atoms with Crippen LogP contribution in [-0.4, -0.2) is 33.8 Å². The van der Waals surface area contributed by atoms with Crippen molar-refractivity contribution in [2.45, 2.75) is 6.61 Å². The van der Waals surface area contributed by atoms with E-state index in [2.05, 4.69) is 10.1 Å². The van der Waals surface area contributed by atoms with Crippen molar-refractivity contribution in [3.05, 3.63) is 47.0 Å². The van der Waals surface area contributed by atoms with Gasteiger partial charge in [0, 0.05) is 17.7 Å². The first-order valence-corrected chi connectivity index (χ1v) is 8.29. The van der Waals surface area contributed by atoms with Gasteiger partial charge in [0.2, 0.25) is 5.91 Å². The van der Waals surface area contributed by atoms with Crippen LogP contribution in [0, 0.1) is 0 Å². The second-order valence-corrected chi connectivity index (χ2v) is 5.67. The third-order valence-corrected chi connectivity index (χ3v) is 3.88. The van der Waals surface area contributed by atoms with Crippen LogP contribution in [-0.2, 0) is 4.79 Å². The minimum absolute atomic E-state index is 0.117. The van der Waals surface area contributed by atoms with E-state index in [9.17, 15) is 13.6 Å². The van der Waals surface area contributed by atoms with Crippen LogP contribution >= 0.6 is 11.6 Å². The zero-order valence-electron chi connectivity index (χ0n) is 15.3. The number of methoxy groups -OCH3 is 3. The lowest BCUT2D eigenvalue weighted by Crippen LogP contribution is -2.09. The first-order valence-electron chi connectivity index (χ1n) is 7.92. The van der Waals surface area contributed by atoms with E-state index in [1.165, 1.54) is 51.7 Å². The molecule has 0 spiro atoms. The quantitative estimate of drug-likeness (QED) is 0.640. The SMILES string of the molecule is COc1cc(OC)c(NC(=O)/C=C/c2cccc(OC)c2OC(F)F)cc1Cl. The van der Waals surface area contributed by atoms with Crippen molar-refractivity contribution >= 4 is 29.3 Å². The van der Waals surface area contributed by atoms with Gasteiger partial charge in [0.1, 0.15) is 11.5 Å². The third kappa shape index (κ3) is 5.26. The molecule has 1 N–H and O–H groups in total. The summed E-state index contributed by atoms with van der Waals surface area (Å²) in [7, 11) is 4.21. The number of rotatable bonds is 8. The van der Waals surface area contributed by atoms with Gasteiger partial charge in [0.25, 0.3) is 0 Å². The summed E-state index contributed by atoms with van der Waals surface area (Å²) in [6.07, 6.45) is 2.48. The van der Waals surface area contributed by atoms with Crippen LogP contribution in [0.25, 0.3) is 6.08 Å². The van der Waals surface area contributed by atoms with Gasteiger partial charge < -0.3 is 24.3 Å². The van der Waals surface area contributed by atoms with Crippen LogP contribution in [0.5, 0.6) is 23.0 Å². The Hall–Kier alpha value is -3.00. The van der Waals surface area contributed by atoms with E-state index in [1.54, 1.807) is 6.07 Å². The Kier molecular flexibility index (Phi) is 7.45. The van der Waals surface area contributed by atoms with Gasteiger partial charge in [0.15, 0.2) is 11.5 Å². The number of hydrogen-bond acceptors (Lipinski definition) is 5. The second kappa shape index (κ2) is 9.80. The van der Waals surface area contributed by atoms with Crippen molar-refractivity contribution < 1.29 is 32.5 Å². The lowest BCUT2D eigenvalue weighted by Gasteiger charge is -2.13. The highest BCUT2D eigenvalue weighted by atomic mass is 35.5. The molecule has 2 rings (SSSR count). The summed E-state index contributed by atoms with van der Waals surface area (Å²) in [5.41, 5.74) is 0.562. The van der Waals surface area contributed by atoms with E-state index < -0.39 is 12.5 Å². The molecule has 0 saturated heterocycles. The molecule has 0 atom stereocenters. The summed E-state index contributed by atoms with van der Waals surface area (Å²) in [6.45, 7) is -3.04. The lowest BCUT2D eigenvalue weighted by molar-refractivity contribution is -0.111. The number of nitrogens with one attached hydrogen (secondary N) is 1. The molecule has 0 unspecified atom stereocenters. The van der Waals surface area contributed by atoms with E-state index in [-0.39, 0.29) is 22.1 Å². The van der Waals surface area contributed by atoms with E-state index in [0.29, 0.717) is 17.2 Å². The van der Waals surface area contributed by atoms with Crippen molar-refractivity contribution in [3.63, 3.8) is 0 Å². The molecule has 0 saturated carbocycles. The molecule has 0 aliphatic heterocycles. The van der Waals surface area contributed by atoms with Gasteiger partial charge in [-0.05, 0) is 18.2 Å². The van der Waals surface area contributed by atoms with Crippen molar-refractivity contribution in [2.75, 3.05) is 26.6 Å². The van der Waals surface area contributed by atoms with Gasteiger partial charge in [-0.3, -0.25) is 4.79 Å². The highest BCUT2D eigenvalue weighted by Gasteiger charge is 2.15. The maximum atomic E-state index is 12.7. The fraction of sp³-hybridized carbons (Fsp3) is 0.211. The third-order valence-electron chi connectivity index (χ3n) is 3.58. The Labute approximate surface area is 165 Å². The van der Waals surface area contributed by atoms with Crippen molar-refractivity contribution in [3.8, 4) is 23.0 Å². The van der Waals surface area contributed by atoms with Crippen LogP contribution in [0.15, 0.2) is 36.4 Å². The van der Waals surface area contributed by atoms with E-state index in [0.717, 1.165) is 6.08 Å². The minimum atomic E-state index is -3.04. The topological polar surface area (TPSA) is 66.0 Å². The Morgan fingerprint density at radius 3 is 2.36 bits per heavy atom. The number of alkyl halides is 2. The molecule has 0 fully saturated rings. The number of para-hydroxylation sites is 1. The van der Waals surface area contributed by atoms with Crippen LogP contribution in [0.4, 0.5) is 14.5 Å². The molecule has 0 aliphatic rings. The predicted molar refractivity (Wildman–Crippen MR) is 102 cm³/mol. The van der Waals surface area contributed by atoms with Gasteiger partial charge in [-0.15, -0.1) is 0 Å². The highest BCUT2D eigenvalue weighted by molar-refractivity contribution is 6.32. The molecule has 9 heteroatoms. The molecule has 0 aromatic heterocycles. The van der Waals surface area contributed by atoms with E-state index >= 15 is 0 Å². The fourth-order valence-electron chi connectivity index (χ4n) is 2.34. The van der Waals surface area contributed by atoms with Crippen molar-refractivity contribution in [2.24, 2.45) is 0 Å². The van der Waals surface area contributed by atoms with Crippen LogP contribution < -0.4 is 24.3 Å². The average molecular weight is 414 g/mol. The maximum absolute atomic E-state index is 12.7. The summed E-state index contributed by atoms with van der Waals surface area (Å²) in [5, 5.41) is 2.88. The number of benzene rings is 2. The molecule has 150 valence electrons. The summed E-state index contributed by atoms with van der Waals surface area (Å²) in [5.74, 6) is 0.134. The fourth-order valence-corrected chi connectivity index (χ4v) is 2.58. The smallest absolute Gasteiger partial charge is 0.387 e. The number of amides is 1. The van der Waals surface area contributed by atoms with Crippen molar-refractivity contribution in [1.29, 1.82) is 0 Å². The number of halogens is 3. The Morgan fingerprint density at radius 1 is 1.07 bits per heavy atom. The average Bonchev–Trinajstić information content (AvgIpc) is 2.67.